The highest BCUT2D eigenvalue weighted by molar-refractivity contribution is 5.25. The first-order valence-corrected chi connectivity index (χ1v) is 7.06. The topological polar surface area (TPSA) is 15.3 Å². The van der Waals surface area contributed by atoms with Gasteiger partial charge in [-0.1, -0.05) is 38.1 Å². The van der Waals surface area contributed by atoms with E-state index in [1.54, 1.807) is 0 Å². The summed E-state index contributed by atoms with van der Waals surface area (Å²) in [6.07, 6.45) is 2.53. The maximum absolute atomic E-state index is 3.46. The summed E-state index contributed by atoms with van der Waals surface area (Å²) in [4.78, 5) is 2.41. The fourth-order valence-corrected chi connectivity index (χ4v) is 2.05. The van der Waals surface area contributed by atoms with E-state index in [0.29, 0.717) is 6.04 Å². The van der Waals surface area contributed by atoms with Gasteiger partial charge in [0.15, 0.2) is 0 Å². The molecule has 0 fully saturated rings. The number of benzene rings is 1. The van der Waals surface area contributed by atoms with Crippen LogP contribution in [-0.2, 0) is 6.54 Å². The van der Waals surface area contributed by atoms with E-state index in [-0.39, 0.29) is 0 Å². The zero-order valence-corrected chi connectivity index (χ0v) is 12.4. The third kappa shape index (κ3) is 6.18. The highest BCUT2D eigenvalue weighted by atomic mass is 15.1. The van der Waals surface area contributed by atoms with Crippen LogP contribution in [0.2, 0.25) is 0 Å². The summed E-state index contributed by atoms with van der Waals surface area (Å²) < 4.78 is 0. The van der Waals surface area contributed by atoms with Crippen LogP contribution >= 0.6 is 0 Å². The average Bonchev–Trinajstić information content (AvgIpc) is 2.31. The Hall–Kier alpha value is -0.860. The van der Waals surface area contributed by atoms with E-state index < -0.39 is 0 Å². The molecule has 0 amide bonds. The summed E-state index contributed by atoms with van der Waals surface area (Å²) >= 11 is 0. The van der Waals surface area contributed by atoms with E-state index in [0.717, 1.165) is 13.1 Å². The van der Waals surface area contributed by atoms with E-state index in [2.05, 4.69) is 62.3 Å². The van der Waals surface area contributed by atoms with Gasteiger partial charge in [-0.3, -0.25) is 0 Å². The van der Waals surface area contributed by atoms with Gasteiger partial charge in [-0.25, -0.2) is 0 Å². The van der Waals surface area contributed by atoms with Gasteiger partial charge in [-0.15, -0.1) is 0 Å². The van der Waals surface area contributed by atoms with Gasteiger partial charge in [0.2, 0.25) is 0 Å². The summed E-state index contributed by atoms with van der Waals surface area (Å²) in [6.45, 7) is 9.96. The Morgan fingerprint density at radius 2 is 1.89 bits per heavy atom. The fraction of sp³-hybridized carbons (Fsp3) is 0.625. The highest BCUT2D eigenvalue weighted by Gasteiger charge is 2.02. The fourth-order valence-electron chi connectivity index (χ4n) is 2.05. The van der Waals surface area contributed by atoms with Crippen molar-refractivity contribution in [2.24, 2.45) is 0 Å². The van der Waals surface area contributed by atoms with Crippen molar-refractivity contribution in [3.05, 3.63) is 35.4 Å². The average molecular weight is 248 g/mol. The van der Waals surface area contributed by atoms with Gasteiger partial charge >= 0.3 is 0 Å². The molecule has 0 atom stereocenters. The largest absolute Gasteiger partial charge is 0.315 e. The second-order valence-electron chi connectivity index (χ2n) is 5.48. The van der Waals surface area contributed by atoms with Gasteiger partial charge in [-0.05, 0) is 51.0 Å². The maximum Gasteiger partial charge on any atom is 0.0233 e. The quantitative estimate of drug-likeness (QED) is 0.711. The highest BCUT2D eigenvalue weighted by Crippen LogP contribution is 2.09. The lowest BCUT2D eigenvalue weighted by atomic mass is 10.1. The lowest BCUT2D eigenvalue weighted by Crippen LogP contribution is -2.25. The molecule has 1 aromatic carbocycles. The molecule has 0 heterocycles. The summed E-state index contributed by atoms with van der Waals surface area (Å²) in [7, 11) is 2.21. The normalized spacial score (nSPS) is 11.4. The number of rotatable bonds is 8. The van der Waals surface area contributed by atoms with Crippen molar-refractivity contribution in [3.63, 3.8) is 0 Å². The Morgan fingerprint density at radius 3 is 2.56 bits per heavy atom. The van der Waals surface area contributed by atoms with Crippen molar-refractivity contribution in [1.82, 2.24) is 10.2 Å². The Labute approximate surface area is 112 Å². The molecule has 2 nitrogen and oxygen atoms in total. The molecule has 1 rings (SSSR count). The molecule has 0 aliphatic rings. The molecule has 1 N–H and O–H groups in total. The van der Waals surface area contributed by atoms with Crippen molar-refractivity contribution < 1.29 is 0 Å². The lowest BCUT2D eigenvalue weighted by Gasteiger charge is -2.18. The van der Waals surface area contributed by atoms with Crippen LogP contribution in [0.1, 0.15) is 37.8 Å². The van der Waals surface area contributed by atoms with Crippen LogP contribution in [0.3, 0.4) is 0 Å². The Morgan fingerprint density at radius 1 is 1.17 bits per heavy atom. The first-order valence-electron chi connectivity index (χ1n) is 7.06. The second-order valence-corrected chi connectivity index (χ2v) is 5.48. The van der Waals surface area contributed by atoms with Crippen molar-refractivity contribution in [2.45, 2.75) is 46.2 Å². The molecule has 18 heavy (non-hydrogen) atoms. The van der Waals surface area contributed by atoms with Crippen LogP contribution < -0.4 is 5.32 Å². The number of aryl methyl sites for hydroxylation is 1. The zero-order valence-electron chi connectivity index (χ0n) is 12.4. The van der Waals surface area contributed by atoms with Gasteiger partial charge in [-0.2, -0.15) is 0 Å². The van der Waals surface area contributed by atoms with E-state index in [1.165, 1.54) is 30.5 Å². The molecule has 0 saturated heterocycles. The second kappa shape index (κ2) is 8.28. The number of nitrogens with zero attached hydrogens (tertiary/aromatic N) is 1. The number of unbranched alkanes of at least 4 members (excludes halogenated alkanes) is 1. The smallest absolute Gasteiger partial charge is 0.0233 e. The summed E-state index contributed by atoms with van der Waals surface area (Å²) in [5, 5.41) is 3.46. The van der Waals surface area contributed by atoms with Crippen LogP contribution in [0.15, 0.2) is 24.3 Å². The maximum atomic E-state index is 3.46. The van der Waals surface area contributed by atoms with Crippen molar-refractivity contribution in [3.8, 4) is 0 Å². The van der Waals surface area contributed by atoms with Gasteiger partial charge in [0.1, 0.15) is 0 Å². The minimum Gasteiger partial charge on any atom is -0.315 e. The molecule has 102 valence electrons. The Bertz CT molecular complexity index is 334. The van der Waals surface area contributed by atoms with Crippen LogP contribution in [-0.4, -0.2) is 31.1 Å². The first-order chi connectivity index (χ1) is 8.59. The summed E-state index contributed by atoms with van der Waals surface area (Å²) in [6, 6.07) is 9.26. The molecule has 0 aliphatic heterocycles. The number of hydrogen-bond donors (Lipinski definition) is 1. The van der Waals surface area contributed by atoms with E-state index in [4.69, 9.17) is 0 Å². The van der Waals surface area contributed by atoms with Crippen LogP contribution in [0.4, 0.5) is 0 Å². The molecule has 1 aromatic rings. The summed E-state index contributed by atoms with van der Waals surface area (Å²) in [5.74, 6) is 0. The Kier molecular flexibility index (Phi) is 6.99. The first kappa shape index (κ1) is 15.2. The molecule has 0 aliphatic carbocycles. The Balaban J connectivity index is 2.18. The molecule has 0 unspecified atom stereocenters. The molecule has 0 bridgehead atoms. The molecular weight excluding hydrogens is 220 g/mol. The van der Waals surface area contributed by atoms with E-state index in [1.807, 2.05) is 0 Å². The predicted octanol–water partition coefficient (Wildman–Crippen LogP) is 3.21. The minimum atomic E-state index is 0.606. The van der Waals surface area contributed by atoms with E-state index in [9.17, 15) is 0 Å². The third-order valence-corrected chi connectivity index (χ3v) is 3.22. The van der Waals surface area contributed by atoms with Gasteiger partial charge in [0.25, 0.3) is 0 Å². The van der Waals surface area contributed by atoms with Gasteiger partial charge in [0, 0.05) is 12.6 Å². The SMILES string of the molecule is Cc1ccccc1CN(C)CCCCNC(C)C. The van der Waals surface area contributed by atoms with E-state index >= 15 is 0 Å². The van der Waals surface area contributed by atoms with Crippen LogP contribution in [0.25, 0.3) is 0 Å². The molecule has 2 heteroatoms. The molecule has 0 aromatic heterocycles. The summed E-state index contributed by atoms with van der Waals surface area (Å²) in [5.41, 5.74) is 2.84. The van der Waals surface area contributed by atoms with Gasteiger partial charge in [0.05, 0.1) is 0 Å². The van der Waals surface area contributed by atoms with Crippen LogP contribution in [0.5, 0.6) is 0 Å². The number of hydrogen-bond acceptors (Lipinski definition) is 2. The molecule has 0 radical (unpaired) electrons. The van der Waals surface area contributed by atoms with Crippen molar-refractivity contribution >= 4 is 0 Å². The standard InChI is InChI=1S/C16H28N2/c1-14(2)17-11-7-8-12-18(4)13-16-10-6-5-9-15(16)3/h5-6,9-10,14,17H,7-8,11-13H2,1-4H3. The number of nitrogens with one attached hydrogen (secondary N) is 1. The molecule has 0 saturated carbocycles. The predicted molar refractivity (Wildman–Crippen MR) is 79.9 cm³/mol. The lowest BCUT2D eigenvalue weighted by molar-refractivity contribution is 0.316. The van der Waals surface area contributed by atoms with Gasteiger partial charge < -0.3 is 10.2 Å². The molecule has 0 spiro atoms. The zero-order chi connectivity index (χ0) is 13.4. The molecular formula is C16H28N2. The third-order valence-electron chi connectivity index (χ3n) is 3.22. The van der Waals surface area contributed by atoms with Crippen molar-refractivity contribution in [1.29, 1.82) is 0 Å². The van der Waals surface area contributed by atoms with Crippen LogP contribution in [0, 0.1) is 6.92 Å². The monoisotopic (exact) mass is 248 g/mol. The minimum absolute atomic E-state index is 0.606. The van der Waals surface area contributed by atoms with Crippen molar-refractivity contribution in [2.75, 3.05) is 20.1 Å².